The zero-order valence-corrected chi connectivity index (χ0v) is 13.5. The van der Waals surface area contributed by atoms with Gasteiger partial charge in [0.15, 0.2) is 0 Å². The van der Waals surface area contributed by atoms with Gasteiger partial charge in [0.1, 0.15) is 0 Å². The van der Waals surface area contributed by atoms with Crippen LogP contribution < -0.4 is 10.9 Å². The zero-order valence-electron chi connectivity index (χ0n) is 13.5. The number of nitrogens with zero attached hydrogens (tertiary/aromatic N) is 1. The average Bonchev–Trinajstić information content (AvgIpc) is 2.41. The van der Waals surface area contributed by atoms with E-state index in [4.69, 9.17) is 0 Å². The molecule has 0 aliphatic heterocycles. The number of benzene rings is 1. The molecule has 1 aromatic carbocycles. The van der Waals surface area contributed by atoms with E-state index in [9.17, 15) is 4.79 Å². The van der Waals surface area contributed by atoms with Crippen LogP contribution in [-0.4, -0.2) is 11.6 Å². The molecule has 112 valence electrons. The highest BCUT2D eigenvalue weighted by Crippen LogP contribution is 2.25. The lowest BCUT2D eigenvalue weighted by Crippen LogP contribution is -2.28. The molecule has 2 aromatic rings. The van der Waals surface area contributed by atoms with E-state index in [1.807, 2.05) is 17.7 Å². The molecule has 0 fully saturated rings. The van der Waals surface area contributed by atoms with E-state index in [2.05, 4.69) is 57.3 Å². The van der Waals surface area contributed by atoms with E-state index in [-0.39, 0.29) is 11.6 Å². The predicted octanol–water partition coefficient (Wildman–Crippen LogP) is 3.43. The van der Waals surface area contributed by atoms with Gasteiger partial charge in [-0.05, 0) is 46.4 Å². The van der Waals surface area contributed by atoms with Gasteiger partial charge in [0.25, 0.3) is 5.56 Å². The summed E-state index contributed by atoms with van der Waals surface area (Å²) in [6.45, 7) is 8.88. The normalized spacial score (nSPS) is 11.1. The van der Waals surface area contributed by atoms with Crippen molar-refractivity contribution in [2.45, 2.75) is 40.3 Å². The summed E-state index contributed by atoms with van der Waals surface area (Å²) >= 11 is 0. The first-order valence-electron chi connectivity index (χ1n) is 7.42. The largest absolute Gasteiger partial charge is 0.315 e. The van der Waals surface area contributed by atoms with Gasteiger partial charge in [0.2, 0.25) is 0 Å². The molecule has 0 amide bonds. The van der Waals surface area contributed by atoms with Gasteiger partial charge in [-0.1, -0.05) is 29.8 Å². The Labute approximate surface area is 126 Å². The molecule has 0 saturated carbocycles. The first-order valence-corrected chi connectivity index (χ1v) is 7.42. The minimum Gasteiger partial charge on any atom is -0.315 e. The fourth-order valence-corrected chi connectivity index (χ4v) is 2.75. The van der Waals surface area contributed by atoms with E-state index < -0.39 is 0 Å². The third kappa shape index (κ3) is 3.08. The highest BCUT2D eigenvalue weighted by molar-refractivity contribution is 5.64. The van der Waals surface area contributed by atoms with E-state index in [1.54, 1.807) is 0 Å². The lowest BCUT2D eigenvalue weighted by Gasteiger charge is -2.19. The van der Waals surface area contributed by atoms with Crippen molar-refractivity contribution in [3.05, 3.63) is 57.4 Å². The summed E-state index contributed by atoms with van der Waals surface area (Å²) in [5.74, 6) is 0. The molecule has 0 aliphatic rings. The predicted molar refractivity (Wildman–Crippen MR) is 88.8 cm³/mol. The van der Waals surface area contributed by atoms with E-state index in [1.165, 1.54) is 11.1 Å². The smallest absolute Gasteiger partial charge is 0.255 e. The fourth-order valence-electron chi connectivity index (χ4n) is 2.75. The van der Waals surface area contributed by atoms with Crippen LogP contribution in [-0.2, 0) is 6.54 Å². The molecular weight excluding hydrogens is 260 g/mol. The lowest BCUT2D eigenvalue weighted by molar-refractivity contribution is 0.577. The SMILES string of the molecule is CNCc1ccc(-c2ccc(C)cc2C)n(C(C)C)c1=O. The molecule has 0 saturated heterocycles. The van der Waals surface area contributed by atoms with Gasteiger partial charge in [0.05, 0.1) is 5.69 Å². The van der Waals surface area contributed by atoms with E-state index in [0.717, 1.165) is 16.8 Å². The summed E-state index contributed by atoms with van der Waals surface area (Å²) in [7, 11) is 1.86. The molecule has 1 N–H and O–H groups in total. The van der Waals surface area contributed by atoms with Gasteiger partial charge in [0, 0.05) is 23.7 Å². The van der Waals surface area contributed by atoms with Crippen molar-refractivity contribution in [3.63, 3.8) is 0 Å². The fraction of sp³-hybridized carbons (Fsp3) is 0.389. The van der Waals surface area contributed by atoms with E-state index in [0.29, 0.717) is 6.54 Å². The van der Waals surface area contributed by atoms with Crippen molar-refractivity contribution in [2.75, 3.05) is 7.05 Å². The number of pyridine rings is 1. The van der Waals surface area contributed by atoms with Crippen LogP contribution in [0.5, 0.6) is 0 Å². The Morgan fingerprint density at radius 1 is 1.14 bits per heavy atom. The number of nitrogens with one attached hydrogen (secondary N) is 1. The molecule has 0 radical (unpaired) electrons. The quantitative estimate of drug-likeness (QED) is 0.933. The monoisotopic (exact) mass is 284 g/mol. The van der Waals surface area contributed by atoms with Crippen molar-refractivity contribution in [3.8, 4) is 11.3 Å². The second-order valence-electron chi connectivity index (χ2n) is 5.86. The molecular formula is C18H24N2O. The van der Waals surface area contributed by atoms with Crippen LogP contribution in [0, 0.1) is 13.8 Å². The molecule has 3 heteroatoms. The van der Waals surface area contributed by atoms with Gasteiger partial charge >= 0.3 is 0 Å². The lowest BCUT2D eigenvalue weighted by atomic mass is 10.0. The first-order chi connectivity index (χ1) is 9.95. The zero-order chi connectivity index (χ0) is 15.6. The molecule has 0 aliphatic carbocycles. The first kappa shape index (κ1) is 15.5. The maximum absolute atomic E-state index is 12.7. The Balaban J connectivity index is 2.69. The Kier molecular flexibility index (Phi) is 4.63. The summed E-state index contributed by atoms with van der Waals surface area (Å²) in [5, 5.41) is 3.06. The second-order valence-corrected chi connectivity index (χ2v) is 5.86. The molecule has 1 aromatic heterocycles. The van der Waals surface area contributed by atoms with Crippen LogP contribution in [0.25, 0.3) is 11.3 Å². The van der Waals surface area contributed by atoms with Crippen LogP contribution in [0.2, 0.25) is 0 Å². The maximum Gasteiger partial charge on any atom is 0.255 e. The molecule has 0 bridgehead atoms. The standard InChI is InChI=1S/C18H24N2O/c1-12(2)20-17(9-7-15(11-19-5)18(20)21)16-8-6-13(3)10-14(16)4/h6-10,12,19H,11H2,1-5H3. The number of rotatable bonds is 4. The Bertz CT molecular complexity index is 699. The van der Waals surface area contributed by atoms with E-state index >= 15 is 0 Å². The second kappa shape index (κ2) is 6.27. The number of aryl methyl sites for hydroxylation is 2. The van der Waals surface area contributed by atoms with Crippen molar-refractivity contribution >= 4 is 0 Å². The summed E-state index contributed by atoms with van der Waals surface area (Å²) in [6.07, 6.45) is 0. The molecule has 21 heavy (non-hydrogen) atoms. The van der Waals surface area contributed by atoms with Crippen LogP contribution in [0.4, 0.5) is 0 Å². The van der Waals surface area contributed by atoms with Crippen LogP contribution >= 0.6 is 0 Å². The summed E-state index contributed by atoms with van der Waals surface area (Å²) in [4.78, 5) is 12.7. The van der Waals surface area contributed by atoms with Crippen molar-refractivity contribution in [1.29, 1.82) is 0 Å². The third-order valence-electron chi connectivity index (χ3n) is 3.74. The van der Waals surface area contributed by atoms with Gasteiger partial charge in [-0.2, -0.15) is 0 Å². The highest BCUT2D eigenvalue weighted by Gasteiger charge is 2.14. The van der Waals surface area contributed by atoms with Crippen molar-refractivity contribution in [2.24, 2.45) is 0 Å². The molecule has 0 atom stereocenters. The van der Waals surface area contributed by atoms with Crippen LogP contribution in [0.3, 0.4) is 0 Å². The molecule has 2 rings (SSSR count). The average molecular weight is 284 g/mol. The Morgan fingerprint density at radius 2 is 1.86 bits per heavy atom. The molecule has 0 spiro atoms. The Morgan fingerprint density at radius 3 is 2.43 bits per heavy atom. The summed E-state index contributed by atoms with van der Waals surface area (Å²) < 4.78 is 1.89. The summed E-state index contributed by atoms with van der Waals surface area (Å²) in [5.41, 5.74) is 5.46. The Hall–Kier alpha value is -1.87. The van der Waals surface area contributed by atoms with Gasteiger partial charge in [-0.25, -0.2) is 0 Å². The van der Waals surface area contributed by atoms with Gasteiger partial charge < -0.3 is 9.88 Å². The number of aromatic nitrogens is 1. The molecule has 1 heterocycles. The third-order valence-corrected chi connectivity index (χ3v) is 3.74. The van der Waals surface area contributed by atoms with Crippen LogP contribution in [0.1, 0.15) is 36.6 Å². The van der Waals surface area contributed by atoms with Gasteiger partial charge in [-0.3, -0.25) is 4.79 Å². The van der Waals surface area contributed by atoms with Crippen molar-refractivity contribution < 1.29 is 0 Å². The molecule has 0 unspecified atom stereocenters. The number of hydrogen-bond donors (Lipinski definition) is 1. The van der Waals surface area contributed by atoms with Crippen LogP contribution in [0.15, 0.2) is 35.1 Å². The minimum absolute atomic E-state index is 0.0943. The van der Waals surface area contributed by atoms with Gasteiger partial charge in [-0.15, -0.1) is 0 Å². The maximum atomic E-state index is 12.7. The van der Waals surface area contributed by atoms with Crippen molar-refractivity contribution in [1.82, 2.24) is 9.88 Å². The topological polar surface area (TPSA) is 34.0 Å². The minimum atomic E-state index is 0.0943. The molecule has 3 nitrogen and oxygen atoms in total. The number of hydrogen-bond acceptors (Lipinski definition) is 2. The highest BCUT2D eigenvalue weighted by atomic mass is 16.1. The summed E-state index contributed by atoms with van der Waals surface area (Å²) in [6, 6.07) is 10.5.